The highest BCUT2D eigenvalue weighted by atomic mass is 19.4. The lowest BCUT2D eigenvalue weighted by Gasteiger charge is -2.22. The molecule has 4 aromatic rings. The fourth-order valence-corrected chi connectivity index (χ4v) is 2.91. The van der Waals surface area contributed by atoms with Crippen LogP contribution in [0.25, 0.3) is 16.9 Å². The first-order valence-corrected chi connectivity index (χ1v) is 8.36. The van der Waals surface area contributed by atoms with Crippen LogP contribution in [0.5, 0.6) is 0 Å². The minimum atomic E-state index is -4.56. The number of nitrogens with two attached hydrogens (primary N) is 1. The first kappa shape index (κ1) is 18.4. The van der Waals surface area contributed by atoms with Crippen molar-refractivity contribution in [3.8, 4) is 11.3 Å². The van der Waals surface area contributed by atoms with E-state index in [-0.39, 0.29) is 11.5 Å². The van der Waals surface area contributed by atoms with Gasteiger partial charge in [-0.3, -0.25) is 4.98 Å². The van der Waals surface area contributed by atoms with E-state index in [2.05, 4.69) is 15.1 Å². The smallest absolute Gasteiger partial charge is 0.351 e. The van der Waals surface area contributed by atoms with E-state index in [1.54, 1.807) is 30.6 Å². The van der Waals surface area contributed by atoms with Gasteiger partial charge in [0.1, 0.15) is 5.82 Å². The van der Waals surface area contributed by atoms with Crippen molar-refractivity contribution >= 4 is 23.2 Å². The van der Waals surface area contributed by atoms with E-state index >= 15 is 0 Å². The summed E-state index contributed by atoms with van der Waals surface area (Å²) in [6, 6.07) is 10.0. The molecule has 3 aromatic heterocycles. The molecule has 0 atom stereocenters. The van der Waals surface area contributed by atoms with E-state index in [9.17, 15) is 18.0 Å². The van der Waals surface area contributed by atoms with Gasteiger partial charge in [0, 0.05) is 36.3 Å². The van der Waals surface area contributed by atoms with Crippen molar-refractivity contribution in [1.82, 2.24) is 19.6 Å². The number of rotatable bonds is 3. The number of halogens is 3. The Kier molecular flexibility index (Phi) is 4.38. The third-order valence-corrected chi connectivity index (χ3v) is 4.20. The van der Waals surface area contributed by atoms with Gasteiger partial charge in [0.05, 0.1) is 16.9 Å². The molecule has 0 saturated heterocycles. The second kappa shape index (κ2) is 6.89. The Bertz CT molecular complexity index is 1190. The van der Waals surface area contributed by atoms with Crippen LogP contribution < -0.4 is 10.6 Å². The van der Waals surface area contributed by atoms with Crippen LogP contribution in [0.3, 0.4) is 0 Å². The van der Waals surface area contributed by atoms with E-state index < -0.39 is 17.8 Å². The Hall–Kier alpha value is -3.95. The Labute approximate surface area is 162 Å². The Morgan fingerprint density at radius 3 is 2.48 bits per heavy atom. The van der Waals surface area contributed by atoms with Crippen LogP contribution in [-0.2, 0) is 6.18 Å². The van der Waals surface area contributed by atoms with Crippen LogP contribution in [0.15, 0.2) is 67.1 Å². The summed E-state index contributed by atoms with van der Waals surface area (Å²) in [6.45, 7) is 0. The Balaban J connectivity index is 1.87. The van der Waals surface area contributed by atoms with Gasteiger partial charge in [0.2, 0.25) is 0 Å². The number of hydrogen-bond acceptors (Lipinski definition) is 4. The lowest BCUT2D eigenvalue weighted by Crippen LogP contribution is -2.33. The summed E-state index contributed by atoms with van der Waals surface area (Å²) in [4.78, 5) is 21.3. The van der Waals surface area contributed by atoms with Crippen LogP contribution >= 0.6 is 0 Å². The highest BCUT2D eigenvalue weighted by molar-refractivity contribution is 5.97. The maximum Gasteiger partial charge on any atom is 0.416 e. The van der Waals surface area contributed by atoms with Crippen molar-refractivity contribution in [2.45, 2.75) is 6.18 Å². The number of benzene rings is 1. The summed E-state index contributed by atoms with van der Waals surface area (Å²) < 4.78 is 40.7. The molecular formula is C19H13F3N6O. The van der Waals surface area contributed by atoms with Crippen molar-refractivity contribution in [3.63, 3.8) is 0 Å². The van der Waals surface area contributed by atoms with Crippen molar-refractivity contribution in [3.05, 3.63) is 72.7 Å². The third kappa shape index (κ3) is 3.47. The number of urea groups is 1. The first-order chi connectivity index (χ1) is 13.8. The number of aromatic nitrogens is 4. The zero-order valence-electron chi connectivity index (χ0n) is 14.7. The minimum absolute atomic E-state index is 0.0409. The molecule has 0 bridgehead atoms. The fourth-order valence-electron chi connectivity index (χ4n) is 2.91. The topological polar surface area (TPSA) is 89.4 Å². The average Bonchev–Trinajstić information content (AvgIpc) is 3.13. The van der Waals surface area contributed by atoms with Crippen LogP contribution in [0.2, 0.25) is 0 Å². The molecule has 10 heteroatoms. The van der Waals surface area contributed by atoms with Crippen molar-refractivity contribution in [2.75, 3.05) is 4.90 Å². The highest BCUT2D eigenvalue weighted by Crippen LogP contribution is 2.34. The SMILES string of the molecule is NC(=O)N(c1cccc(C(F)(F)F)c1)c1ccnc2cc(-c3ccncc3)nn12. The van der Waals surface area contributed by atoms with Gasteiger partial charge >= 0.3 is 12.2 Å². The molecule has 3 heterocycles. The van der Waals surface area contributed by atoms with Crippen LogP contribution in [0, 0.1) is 0 Å². The van der Waals surface area contributed by atoms with E-state index in [4.69, 9.17) is 5.73 Å². The summed E-state index contributed by atoms with van der Waals surface area (Å²) in [6.07, 6.45) is 0.0669. The molecule has 0 spiro atoms. The van der Waals surface area contributed by atoms with Gasteiger partial charge in [-0.25, -0.2) is 14.7 Å². The molecule has 0 radical (unpaired) electrons. The molecular weight excluding hydrogens is 385 g/mol. The summed E-state index contributed by atoms with van der Waals surface area (Å²) >= 11 is 0. The summed E-state index contributed by atoms with van der Waals surface area (Å²) in [5, 5.41) is 4.44. The first-order valence-electron chi connectivity index (χ1n) is 8.36. The quantitative estimate of drug-likeness (QED) is 0.564. The molecule has 0 aliphatic heterocycles. The molecule has 29 heavy (non-hydrogen) atoms. The molecule has 0 saturated carbocycles. The number of primary amides is 1. The summed E-state index contributed by atoms with van der Waals surface area (Å²) in [5.74, 6) is 0.155. The predicted octanol–water partition coefficient (Wildman–Crippen LogP) is 4.03. The van der Waals surface area contributed by atoms with Gasteiger partial charge in [0.25, 0.3) is 0 Å². The maximum absolute atomic E-state index is 13.1. The third-order valence-electron chi connectivity index (χ3n) is 4.20. The standard InChI is InChI=1S/C19H13F3N6O/c20-19(21,22)13-2-1-3-14(10-13)27(18(23)29)17-6-9-25-16-11-15(26-28(16)17)12-4-7-24-8-5-12/h1-11H,(H2,23,29). The molecule has 2 amide bonds. The molecule has 0 fully saturated rings. The molecule has 146 valence electrons. The van der Waals surface area contributed by atoms with Crippen molar-refractivity contribution in [1.29, 1.82) is 0 Å². The zero-order chi connectivity index (χ0) is 20.6. The number of carbonyl (C=O) groups is 1. The molecule has 4 rings (SSSR count). The second-order valence-corrected chi connectivity index (χ2v) is 6.06. The normalized spacial score (nSPS) is 11.6. The molecule has 2 N–H and O–H groups in total. The monoisotopic (exact) mass is 398 g/mol. The maximum atomic E-state index is 13.1. The average molecular weight is 398 g/mol. The van der Waals surface area contributed by atoms with Gasteiger partial charge in [0.15, 0.2) is 5.65 Å². The van der Waals surface area contributed by atoms with E-state index in [0.29, 0.717) is 11.3 Å². The van der Waals surface area contributed by atoms with E-state index in [1.165, 1.54) is 28.9 Å². The molecule has 0 unspecified atom stereocenters. The number of fused-ring (bicyclic) bond motifs is 1. The van der Waals surface area contributed by atoms with E-state index in [0.717, 1.165) is 22.6 Å². The van der Waals surface area contributed by atoms with Gasteiger partial charge < -0.3 is 5.73 Å². The summed E-state index contributed by atoms with van der Waals surface area (Å²) in [7, 11) is 0. The van der Waals surface area contributed by atoms with Crippen molar-refractivity contribution in [2.24, 2.45) is 5.73 Å². The van der Waals surface area contributed by atoms with Gasteiger partial charge in [-0.1, -0.05) is 6.07 Å². The van der Waals surface area contributed by atoms with Crippen LogP contribution in [0.4, 0.5) is 29.5 Å². The van der Waals surface area contributed by atoms with Crippen LogP contribution in [0.1, 0.15) is 5.56 Å². The number of amides is 2. The Morgan fingerprint density at radius 2 is 1.79 bits per heavy atom. The Morgan fingerprint density at radius 1 is 1.03 bits per heavy atom. The number of hydrogen-bond donors (Lipinski definition) is 1. The van der Waals surface area contributed by atoms with Gasteiger partial charge in [-0.05, 0) is 30.3 Å². The lowest BCUT2D eigenvalue weighted by atomic mass is 10.2. The number of alkyl halides is 3. The molecule has 1 aromatic carbocycles. The molecule has 7 nitrogen and oxygen atoms in total. The highest BCUT2D eigenvalue weighted by Gasteiger charge is 2.31. The number of nitrogens with zero attached hydrogens (tertiary/aromatic N) is 5. The largest absolute Gasteiger partial charge is 0.416 e. The molecule has 0 aliphatic carbocycles. The fraction of sp³-hybridized carbons (Fsp3) is 0.0526. The second-order valence-electron chi connectivity index (χ2n) is 6.06. The van der Waals surface area contributed by atoms with E-state index in [1.807, 2.05) is 0 Å². The minimum Gasteiger partial charge on any atom is -0.351 e. The summed E-state index contributed by atoms with van der Waals surface area (Å²) in [5.41, 5.74) is 6.28. The van der Waals surface area contributed by atoms with Gasteiger partial charge in [-0.2, -0.15) is 22.8 Å². The number of anilines is 2. The number of carbonyl (C=O) groups excluding carboxylic acids is 1. The van der Waals surface area contributed by atoms with Crippen LogP contribution in [-0.4, -0.2) is 25.6 Å². The van der Waals surface area contributed by atoms with Gasteiger partial charge in [-0.15, -0.1) is 0 Å². The number of pyridine rings is 1. The lowest BCUT2D eigenvalue weighted by molar-refractivity contribution is -0.137. The molecule has 0 aliphatic rings. The predicted molar refractivity (Wildman–Crippen MR) is 99.4 cm³/mol. The zero-order valence-corrected chi connectivity index (χ0v) is 14.7. The van der Waals surface area contributed by atoms with Crippen molar-refractivity contribution < 1.29 is 18.0 Å².